The minimum atomic E-state index is -0.635. The van der Waals surface area contributed by atoms with Crippen LogP contribution in [0.15, 0.2) is 97.1 Å². The summed E-state index contributed by atoms with van der Waals surface area (Å²) in [5, 5.41) is 0. The van der Waals surface area contributed by atoms with Crippen LogP contribution < -0.4 is 14.2 Å². The zero-order valence-electron chi connectivity index (χ0n) is 25.4. The van der Waals surface area contributed by atoms with Crippen LogP contribution in [0.4, 0.5) is 0 Å². The van der Waals surface area contributed by atoms with E-state index in [0.29, 0.717) is 29.2 Å². The van der Waals surface area contributed by atoms with E-state index in [1.807, 2.05) is 25.1 Å². The third-order valence-electron chi connectivity index (χ3n) is 6.36. The highest BCUT2D eigenvalue weighted by Crippen LogP contribution is 2.39. The van der Waals surface area contributed by atoms with Crippen LogP contribution in [0.2, 0.25) is 0 Å². The molecule has 0 heterocycles. The van der Waals surface area contributed by atoms with E-state index in [0.717, 1.165) is 22.3 Å². The van der Waals surface area contributed by atoms with Gasteiger partial charge in [-0.2, -0.15) is 0 Å². The zero-order chi connectivity index (χ0) is 32.2. The molecule has 3 aromatic carbocycles. The number of hydrogen-bond donors (Lipinski definition) is 0. The topological polar surface area (TPSA) is 107 Å². The largest absolute Gasteiger partial charge is 0.423 e. The predicted octanol–water partition coefficient (Wildman–Crippen LogP) is 5.91. The lowest BCUT2D eigenvalue weighted by atomic mass is 9.92. The van der Waals surface area contributed by atoms with Gasteiger partial charge in [0.15, 0.2) is 0 Å². The van der Waals surface area contributed by atoms with Crippen LogP contribution in [0.25, 0.3) is 22.3 Å². The Morgan fingerprint density at radius 3 is 1.34 bits per heavy atom. The summed E-state index contributed by atoms with van der Waals surface area (Å²) in [4.78, 5) is 37.3. The first-order valence-electron chi connectivity index (χ1n) is 13.7. The number of rotatable bonds is 15. The van der Waals surface area contributed by atoms with E-state index in [9.17, 15) is 14.4 Å². The average Bonchev–Trinajstić information content (AvgIpc) is 3.02. The third-order valence-corrected chi connectivity index (χ3v) is 6.36. The van der Waals surface area contributed by atoms with E-state index in [1.165, 1.54) is 21.3 Å². The van der Waals surface area contributed by atoms with Crippen LogP contribution in [0.5, 0.6) is 17.2 Å². The molecule has 3 rings (SSSR count). The van der Waals surface area contributed by atoms with Gasteiger partial charge in [0.05, 0.1) is 36.5 Å². The fourth-order valence-electron chi connectivity index (χ4n) is 4.13. The van der Waals surface area contributed by atoms with Crippen LogP contribution in [-0.4, -0.2) is 59.1 Å². The Kier molecular flexibility index (Phi) is 12.3. The van der Waals surface area contributed by atoms with E-state index in [4.69, 9.17) is 28.4 Å². The Morgan fingerprint density at radius 2 is 0.955 bits per heavy atom. The van der Waals surface area contributed by atoms with Gasteiger partial charge in [0.25, 0.3) is 0 Å². The first-order valence-corrected chi connectivity index (χ1v) is 13.7. The molecule has 44 heavy (non-hydrogen) atoms. The molecule has 0 aliphatic heterocycles. The van der Waals surface area contributed by atoms with Crippen molar-refractivity contribution in [3.63, 3.8) is 0 Å². The Bertz CT molecular complexity index is 1530. The lowest BCUT2D eigenvalue weighted by Crippen LogP contribution is -2.15. The number of carbonyl (C=O) groups is 3. The number of carbonyl (C=O) groups excluding carboxylic acids is 3. The molecule has 0 aliphatic carbocycles. The van der Waals surface area contributed by atoms with Crippen molar-refractivity contribution in [1.82, 2.24) is 0 Å². The molecule has 0 aliphatic rings. The Labute approximate surface area is 257 Å². The second kappa shape index (κ2) is 16.1. The highest BCUT2D eigenvalue weighted by Gasteiger charge is 2.19. The van der Waals surface area contributed by atoms with Crippen molar-refractivity contribution < 1.29 is 42.8 Å². The normalized spacial score (nSPS) is 10.5. The van der Waals surface area contributed by atoms with Gasteiger partial charge in [0, 0.05) is 26.9 Å². The molecule has 0 amide bonds. The van der Waals surface area contributed by atoms with Gasteiger partial charge in [-0.3, -0.25) is 0 Å². The summed E-state index contributed by atoms with van der Waals surface area (Å²) in [5.41, 5.74) is 4.52. The van der Waals surface area contributed by atoms with Gasteiger partial charge < -0.3 is 28.4 Å². The number of methoxy groups -OCH3 is 3. The van der Waals surface area contributed by atoms with Crippen molar-refractivity contribution in [2.75, 3.05) is 41.2 Å². The van der Waals surface area contributed by atoms with Gasteiger partial charge >= 0.3 is 17.9 Å². The van der Waals surface area contributed by atoms with Crippen molar-refractivity contribution in [2.24, 2.45) is 0 Å². The number of aryl methyl sites for hydroxylation is 1. The van der Waals surface area contributed by atoms with E-state index < -0.39 is 17.9 Å². The quantitative estimate of drug-likeness (QED) is 0.120. The molecule has 0 unspecified atom stereocenters. The minimum Gasteiger partial charge on any atom is -0.423 e. The molecule has 0 saturated carbocycles. The van der Waals surface area contributed by atoms with E-state index in [2.05, 4.69) is 19.7 Å². The molecule has 0 radical (unpaired) electrons. The monoisotopic (exact) mass is 600 g/mol. The molecule has 0 fully saturated rings. The SMILES string of the molecule is C=C(COC)C(=O)Oc1ccc(-c2cc(OC(=O)C(=C)COC)c(-c3ccc(OC(=O)C(=C)COC)cc3)cc2CC)cc1. The van der Waals surface area contributed by atoms with E-state index >= 15 is 0 Å². The summed E-state index contributed by atoms with van der Waals surface area (Å²) in [6.45, 7) is 13.2. The lowest BCUT2D eigenvalue weighted by molar-refractivity contribution is -0.131. The highest BCUT2D eigenvalue weighted by molar-refractivity contribution is 5.92. The Balaban J connectivity index is 1.99. The van der Waals surface area contributed by atoms with Crippen molar-refractivity contribution in [3.05, 3.63) is 103 Å². The number of esters is 3. The van der Waals surface area contributed by atoms with Crippen LogP contribution in [0.3, 0.4) is 0 Å². The van der Waals surface area contributed by atoms with Crippen molar-refractivity contribution in [3.8, 4) is 39.5 Å². The minimum absolute atomic E-state index is 0.0134. The lowest BCUT2D eigenvalue weighted by Gasteiger charge is -2.17. The maximum Gasteiger partial charge on any atom is 0.341 e. The number of ether oxygens (including phenoxy) is 6. The molecule has 9 heteroatoms. The smallest absolute Gasteiger partial charge is 0.341 e. The Hall–Kier alpha value is -4.83. The molecule has 0 saturated heterocycles. The summed E-state index contributed by atoms with van der Waals surface area (Å²) < 4.78 is 31.5. The third kappa shape index (κ3) is 8.84. The van der Waals surface area contributed by atoms with Gasteiger partial charge in [0.1, 0.15) is 17.2 Å². The molecule has 0 bridgehead atoms. The van der Waals surface area contributed by atoms with Crippen LogP contribution in [0.1, 0.15) is 12.5 Å². The van der Waals surface area contributed by atoms with Gasteiger partial charge in [-0.05, 0) is 65.1 Å². The van der Waals surface area contributed by atoms with Crippen LogP contribution in [-0.2, 0) is 35.0 Å². The molecular formula is C35H36O9. The van der Waals surface area contributed by atoms with Gasteiger partial charge in [-0.25, -0.2) is 14.4 Å². The molecular weight excluding hydrogens is 564 g/mol. The molecule has 0 atom stereocenters. The van der Waals surface area contributed by atoms with Gasteiger partial charge in [-0.15, -0.1) is 0 Å². The molecule has 0 N–H and O–H groups in total. The molecule has 0 spiro atoms. The molecule has 9 nitrogen and oxygen atoms in total. The first-order chi connectivity index (χ1) is 21.1. The molecule has 230 valence electrons. The van der Waals surface area contributed by atoms with Gasteiger partial charge in [0.2, 0.25) is 0 Å². The predicted molar refractivity (Wildman–Crippen MR) is 167 cm³/mol. The van der Waals surface area contributed by atoms with Crippen molar-refractivity contribution in [1.29, 1.82) is 0 Å². The van der Waals surface area contributed by atoms with E-state index in [1.54, 1.807) is 42.5 Å². The van der Waals surface area contributed by atoms with Crippen LogP contribution in [0, 0.1) is 0 Å². The second-order valence-corrected chi connectivity index (χ2v) is 9.69. The second-order valence-electron chi connectivity index (χ2n) is 9.69. The maximum absolute atomic E-state index is 12.9. The molecule has 3 aromatic rings. The van der Waals surface area contributed by atoms with E-state index in [-0.39, 0.29) is 36.5 Å². The number of hydrogen-bond acceptors (Lipinski definition) is 9. The summed E-state index contributed by atoms with van der Waals surface area (Å²) in [5.74, 6) is -0.844. The molecule has 0 aromatic heterocycles. The Morgan fingerprint density at radius 1 is 0.568 bits per heavy atom. The first kappa shape index (κ1) is 33.7. The highest BCUT2D eigenvalue weighted by atomic mass is 16.5. The summed E-state index contributed by atoms with van der Waals surface area (Å²) in [6, 6.07) is 17.5. The van der Waals surface area contributed by atoms with Crippen LogP contribution >= 0.6 is 0 Å². The zero-order valence-corrected chi connectivity index (χ0v) is 25.4. The summed E-state index contributed by atoms with van der Waals surface area (Å²) in [7, 11) is 4.40. The average molecular weight is 601 g/mol. The fraction of sp³-hybridized carbons (Fsp3) is 0.229. The van der Waals surface area contributed by atoms with Gasteiger partial charge in [-0.1, -0.05) is 50.9 Å². The standard InChI is InChI=1S/C35H36O9/c1-8-25-17-31(27-11-15-29(16-12-27)43-34(37)23(3)20-40-6)32(44-35(38)24(4)21-41-7)18-30(25)26-9-13-28(14-10-26)42-33(36)22(2)19-39-5/h9-18H,2-4,8,19-21H2,1,5-7H3. The van der Waals surface area contributed by atoms with Crippen molar-refractivity contribution in [2.45, 2.75) is 13.3 Å². The fourth-order valence-corrected chi connectivity index (χ4v) is 4.13. The number of benzene rings is 3. The summed E-state index contributed by atoms with van der Waals surface area (Å²) in [6.07, 6.45) is 0.665. The maximum atomic E-state index is 12.9. The summed E-state index contributed by atoms with van der Waals surface area (Å²) >= 11 is 0. The van der Waals surface area contributed by atoms with Crippen molar-refractivity contribution >= 4 is 17.9 Å².